The Bertz CT molecular complexity index is 642. The second-order valence-electron chi connectivity index (χ2n) is 5.16. The summed E-state index contributed by atoms with van der Waals surface area (Å²) in [5.41, 5.74) is 0.611. The number of piperazine rings is 1. The van der Waals surface area contributed by atoms with E-state index in [-0.39, 0.29) is 4.90 Å². The van der Waals surface area contributed by atoms with E-state index < -0.39 is 10.0 Å². The fourth-order valence-corrected chi connectivity index (χ4v) is 3.69. The standard InChI is InChI=1S/C13H18N4O2S/c1-10-8-14-6-7-17(10)9-13-15-11-4-2-3-5-12(11)20(18,19)16-13/h2-5,10,14H,6-9H2,1H3,(H,15,16)/t10-/m0/s1. The van der Waals surface area contributed by atoms with Gasteiger partial charge in [-0.25, -0.2) is 0 Å². The average molecular weight is 294 g/mol. The summed E-state index contributed by atoms with van der Waals surface area (Å²) in [5.74, 6) is 0.498. The van der Waals surface area contributed by atoms with Gasteiger partial charge in [0.1, 0.15) is 10.7 Å². The van der Waals surface area contributed by atoms with Crippen LogP contribution in [-0.2, 0) is 10.0 Å². The van der Waals surface area contributed by atoms with E-state index in [4.69, 9.17) is 0 Å². The van der Waals surface area contributed by atoms with Crippen LogP contribution in [0.5, 0.6) is 0 Å². The molecule has 0 bridgehead atoms. The topological polar surface area (TPSA) is 73.8 Å². The normalized spacial score (nSPS) is 25.4. The summed E-state index contributed by atoms with van der Waals surface area (Å²) in [6, 6.07) is 7.23. The second-order valence-corrected chi connectivity index (χ2v) is 6.73. The van der Waals surface area contributed by atoms with Crippen molar-refractivity contribution in [1.82, 2.24) is 10.2 Å². The Morgan fingerprint density at radius 1 is 1.40 bits per heavy atom. The van der Waals surface area contributed by atoms with Gasteiger partial charge in [0.25, 0.3) is 10.0 Å². The molecule has 0 spiro atoms. The molecule has 7 heteroatoms. The largest absolute Gasteiger partial charge is 0.341 e. The number of rotatable bonds is 2. The van der Waals surface area contributed by atoms with E-state index in [1.165, 1.54) is 0 Å². The maximum Gasteiger partial charge on any atom is 0.286 e. The predicted molar refractivity (Wildman–Crippen MR) is 78.6 cm³/mol. The second kappa shape index (κ2) is 5.16. The zero-order valence-corrected chi connectivity index (χ0v) is 12.2. The maximum atomic E-state index is 12.1. The van der Waals surface area contributed by atoms with Crippen molar-refractivity contribution in [3.8, 4) is 0 Å². The molecule has 1 fully saturated rings. The number of sulfonamides is 1. The van der Waals surface area contributed by atoms with Crippen molar-refractivity contribution < 1.29 is 8.42 Å². The smallest absolute Gasteiger partial charge is 0.286 e. The Kier molecular flexibility index (Phi) is 3.49. The minimum atomic E-state index is -3.58. The number of benzene rings is 1. The zero-order chi connectivity index (χ0) is 14.2. The van der Waals surface area contributed by atoms with Gasteiger partial charge in [0, 0.05) is 25.7 Å². The summed E-state index contributed by atoms with van der Waals surface area (Å²) in [7, 11) is -3.58. The van der Waals surface area contributed by atoms with Crippen LogP contribution >= 0.6 is 0 Å². The van der Waals surface area contributed by atoms with Crippen molar-refractivity contribution in [3.05, 3.63) is 24.3 Å². The van der Waals surface area contributed by atoms with E-state index in [1.807, 2.05) is 6.07 Å². The van der Waals surface area contributed by atoms with Crippen LogP contribution in [0.2, 0.25) is 0 Å². The van der Waals surface area contributed by atoms with E-state index in [2.05, 4.69) is 26.9 Å². The summed E-state index contributed by atoms with van der Waals surface area (Å²) < 4.78 is 28.2. The molecule has 1 aromatic carbocycles. The predicted octanol–water partition coefficient (Wildman–Crippen LogP) is 0.493. The molecule has 0 saturated carbocycles. The zero-order valence-electron chi connectivity index (χ0n) is 11.3. The van der Waals surface area contributed by atoms with Crippen molar-refractivity contribution in [3.63, 3.8) is 0 Å². The Hall–Kier alpha value is -1.44. The van der Waals surface area contributed by atoms with E-state index in [9.17, 15) is 8.42 Å². The third kappa shape index (κ3) is 2.56. The van der Waals surface area contributed by atoms with Gasteiger partial charge in [0.15, 0.2) is 0 Å². The van der Waals surface area contributed by atoms with Gasteiger partial charge in [-0.3, -0.25) is 4.90 Å². The molecular weight excluding hydrogens is 276 g/mol. The molecule has 0 unspecified atom stereocenters. The van der Waals surface area contributed by atoms with E-state index >= 15 is 0 Å². The fourth-order valence-electron chi connectivity index (χ4n) is 2.55. The summed E-state index contributed by atoms with van der Waals surface area (Å²) in [4.78, 5) is 2.48. The number of hydrogen-bond donors (Lipinski definition) is 2. The highest BCUT2D eigenvalue weighted by molar-refractivity contribution is 7.90. The molecule has 1 atom stereocenters. The molecule has 2 aliphatic rings. The highest BCUT2D eigenvalue weighted by atomic mass is 32.2. The number of nitrogens with zero attached hydrogens (tertiary/aromatic N) is 2. The van der Waals surface area contributed by atoms with Crippen molar-refractivity contribution in [2.45, 2.75) is 17.9 Å². The minimum Gasteiger partial charge on any atom is -0.341 e. The summed E-state index contributed by atoms with van der Waals surface area (Å²) in [6.45, 7) is 5.37. The molecule has 2 N–H and O–H groups in total. The van der Waals surface area contributed by atoms with E-state index in [0.717, 1.165) is 19.6 Å². The molecule has 2 heterocycles. The monoisotopic (exact) mass is 294 g/mol. The molecule has 0 amide bonds. The Morgan fingerprint density at radius 2 is 2.20 bits per heavy atom. The molecule has 6 nitrogen and oxygen atoms in total. The first-order chi connectivity index (χ1) is 9.56. The van der Waals surface area contributed by atoms with E-state index in [0.29, 0.717) is 24.1 Å². The summed E-state index contributed by atoms with van der Waals surface area (Å²) >= 11 is 0. The molecule has 108 valence electrons. The highest BCUT2D eigenvalue weighted by Gasteiger charge is 2.27. The number of fused-ring (bicyclic) bond motifs is 1. The van der Waals surface area contributed by atoms with Crippen LogP contribution in [-0.4, -0.2) is 51.4 Å². The van der Waals surface area contributed by atoms with Crippen LogP contribution in [0.4, 0.5) is 5.69 Å². The van der Waals surface area contributed by atoms with Gasteiger partial charge >= 0.3 is 0 Å². The van der Waals surface area contributed by atoms with Gasteiger partial charge < -0.3 is 10.6 Å². The third-order valence-electron chi connectivity index (χ3n) is 3.67. The number of hydrogen-bond acceptors (Lipinski definition) is 5. The average Bonchev–Trinajstić information content (AvgIpc) is 2.41. The number of amidine groups is 1. The molecule has 0 aromatic heterocycles. The van der Waals surface area contributed by atoms with Crippen LogP contribution < -0.4 is 10.6 Å². The minimum absolute atomic E-state index is 0.247. The first-order valence-corrected chi connectivity index (χ1v) is 8.15. The van der Waals surface area contributed by atoms with Crippen LogP contribution in [0.3, 0.4) is 0 Å². The molecule has 1 aromatic rings. The molecule has 0 aliphatic carbocycles. The van der Waals surface area contributed by atoms with Gasteiger partial charge in [-0.15, -0.1) is 4.40 Å². The van der Waals surface area contributed by atoms with E-state index in [1.54, 1.807) is 18.2 Å². The molecule has 1 saturated heterocycles. The van der Waals surface area contributed by atoms with Gasteiger partial charge in [0.05, 0.1) is 12.2 Å². The first-order valence-electron chi connectivity index (χ1n) is 6.71. The summed E-state index contributed by atoms with van der Waals surface area (Å²) in [5, 5.41) is 6.44. The van der Waals surface area contributed by atoms with Gasteiger partial charge in [-0.1, -0.05) is 12.1 Å². The highest BCUT2D eigenvalue weighted by Crippen LogP contribution is 2.26. The SMILES string of the molecule is C[C@H]1CNCCN1CC1=NS(=O)(=O)c2ccccc2N1. The molecule has 3 rings (SSSR count). The fraction of sp³-hybridized carbons (Fsp3) is 0.462. The van der Waals surface area contributed by atoms with Crippen molar-refractivity contribution in [2.24, 2.45) is 4.40 Å². The third-order valence-corrected chi connectivity index (χ3v) is 5.04. The Balaban J connectivity index is 1.84. The van der Waals surface area contributed by atoms with Crippen molar-refractivity contribution >= 4 is 21.5 Å². The number of nitrogens with one attached hydrogen (secondary N) is 2. The van der Waals surface area contributed by atoms with Crippen LogP contribution in [0.15, 0.2) is 33.6 Å². The Morgan fingerprint density at radius 3 is 3.00 bits per heavy atom. The van der Waals surface area contributed by atoms with Gasteiger partial charge in [-0.05, 0) is 19.1 Å². The summed E-state index contributed by atoms with van der Waals surface area (Å²) in [6.07, 6.45) is 0. The van der Waals surface area contributed by atoms with Crippen LogP contribution in [0.1, 0.15) is 6.92 Å². The molecule has 2 aliphatic heterocycles. The van der Waals surface area contributed by atoms with Crippen molar-refractivity contribution in [1.29, 1.82) is 0 Å². The van der Waals surface area contributed by atoms with Crippen molar-refractivity contribution in [2.75, 3.05) is 31.5 Å². The first kappa shape index (κ1) is 13.5. The number of para-hydroxylation sites is 1. The van der Waals surface area contributed by atoms with Crippen LogP contribution in [0, 0.1) is 0 Å². The maximum absolute atomic E-state index is 12.1. The van der Waals surface area contributed by atoms with Gasteiger partial charge in [0.2, 0.25) is 0 Å². The Labute approximate surface area is 118 Å². The number of anilines is 1. The lowest BCUT2D eigenvalue weighted by molar-refractivity contribution is 0.198. The lowest BCUT2D eigenvalue weighted by atomic mass is 10.2. The molecule has 20 heavy (non-hydrogen) atoms. The lowest BCUT2D eigenvalue weighted by Gasteiger charge is -2.34. The van der Waals surface area contributed by atoms with Crippen LogP contribution in [0.25, 0.3) is 0 Å². The lowest BCUT2D eigenvalue weighted by Crippen LogP contribution is -2.52. The molecular formula is C13H18N4O2S. The van der Waals surface area contributed by atoms with Gasteiger partial charge in [-0.2, -0.15) is 8.42 Å². The molecule has 0 radical (unpaired) electrons. The quantitative estimate of drug-likeness (QED) is 0.830.